The minimum Gasteiger partial charge on any atom is -0.319 e. The third-order valence-corrected chi connectivity index (χ3v) is 3.03. The molecule has 1 heterocycles. The van der Waals surface area contributed by atoms with Crippen molar-refractivity contribution in [3.63, 3.8) is 0 Å². The maximum atomic E-state index is 11.6. The van der Waals surface area contributed by atoms with E-state index in [0.29, 0.717) is 12.2 Å². The minimum absolute atomic E-state index is 0.138. The molecule has 0 fully saturated rings. The zero-order valence-electron chi connectivity index (χ0n) is 8.75. The van der Waals surface area contributed by atoms with Gasteiger partial charge in [-0.25, -0.2) is 0 Å². The fraction of sp³-hybridized carbons (Fsp3) is 0.545. The van der Waals surface area contributed by atoms with E-state index in [1.165, 1.54) is 5.56 Å². The van der Waals surface area contributed by atoms with Gasteiger partial charge in [0, 0.05) is 18.9 Å². The molecule has 3 heteroatoms. The summed E-state index contributed by atoms with van der Waals surface area (Å²) < 4.78 is 0. The van der Waals surface area contributed by atoms with Gasteiger partial charge in [0.2, 0.25) is 0 Å². The molecule has 0 aliphatic carbocycles. The number of carbonyl (C=O) groups excluding carboxylic acids is 1. The molecule has 0 amide bonds. The molecule has 1 unspecified atom stereocenters. The van der Waals surface area contributed by atoms with Crippen LogP contribution < -0.4 is 5.32 Å². The molecule has 1 aromatic heterocycles. The van der Waals surface area contributed by atoms with Crippen LogP contribution in [-0.4, -0.2) is 19.4 Å². The van der Waals surface area contributed by atoms with Crippen molar-refractivity contribution in [3.8, 4) is 0 Å². The lowest BCUT2D eigenvalue weighted by Gasteiger charge is -2.08. The van der Waals surface area contributed by atoms with E-state index in [2.05, 4.69) is 22.1 Å². The SMILES string of the molecule is CNCC(C)C(=O)CCc1ccsc1. The van der Waals surface area contributed by atoms with Crippen molar-refractivity contribution >= 4 is 17.1 Å². The number of hydrogen-bond acceptors (Lipinski definition) is 3. The summed E-state index contributed by atoms with van der Waals surface area (Å²) in [5.74, 6) is 0.490. The fourth-order valence-electron chi connectivity index (χ4n) is 1.37. The van der Waals surface area contributed by atoms with Crippen molar-refractivity contribution in [1.29, 1.82) is 0 Å². The number of aryl methyl sites for hydroxylation is 1. The molecule has 0 aromatic carbocycles. The van der Waals surface area contributed by atoms with E-state index in [0.717, 1.165) is 13.0 Å². The quantitative estimate of drug-likeness (QED) is 0.781. The van der Waals surface area contributed by atoms with E-state index in [-0.39, 0.29) is 5.92 Å². The van der Waals surface area contributed by atoms with E-state index >= 15 is 0 Å². The summed E-state index contributed by atoms with van der Waals surface area (Å²) in [7, 11) is 1.88. The Morgan fingerprint density at radius 2 is 2.43 bits per heavy atom. The molecule has 14 heavy (non-hydrogen) atoms. The predicted octanol–water partition coefficient (Wildman–Crippen LogP) is 2.11. The Kier molecular flexibility index (Phi) is 4.84. The van der Waals surface area contributed by atoms with Crippen molar-refractivity contribution < 1.29 is 4.79 Å². The lowest BCUT2D eigenvalue weighted by atomic mass is 10.0. The van der Waals surface area contributed by atoms with E-state index in [4.69, 9.17) is 0 Å². The number of rotatable bonds is 6. The molecule has 1 N–H and O–H groups in total. The fourth-order valence-corrected chi connectivity index (χ4v) is 2.07. The maximum Gasteiger partial charge on any atom is 0.137 e. The van der Waals surface area contributed by atoms with Crippen LogP contribution in [0.3, 0.4) is 0 Å². The molecule has 0 spiro atoms. The molecule has 0 saturated heterocycles. The van der Waals surface area contributed by atoms with Crippen LogP contribution in [-0.2, 0) is 11.2 Å². The van der Waals surface area contributed by atoms with Crippen LogP contribution in [0.2, 0.25) is 0 Å². The average molecular weight is 211 g/mol. The van der Waals surface area contributed by atoms with E-state index in [1.54, 1.807) is 11.3 Å². The first-order chi connectivity index (χ1) is 6.74. The molecule has 0 aliphatic rings. The molecule has 0 radical (unpaired) electrons. The zero-order valence-corrected chi connectivity index (χ0v) is 9.56. The Morgan fingerprint density at radius 1 is 1.64 bits per heavy atom. The highest BCUT2D eigenvalue weighted by Crippen LogP contribution is 2.10. The predicted molar refractivity (Wildman–Crippen MR) is 60.7 cm³/mol. The second kappa shape index (κ2) is 5.94. The standard InChI is InChI=1S/C11H17NOS/c1-9(7-12-2)11(13)4-3-10-5-6-14-8-10/h5-6,8-9,12H,3-4,7H2,1-2H3. The number of ketones is 1. The highest BCUT2D eigenvalue weighted by molar-refractivity contribution is 7.07. The van der Waals surface area contributed by atoms with Crippen molar-refractivity contribution in [3.05, 3.63) is 22.4 Å². The van der Waals surface area contributed by atoms with E-state index in [9.17, 15) is 4.79 Å². The van der Waals surface area contributed by atoms with Crippen molar-refractivity contribution in [2.45, 2.75) is 19.8 Å². The first-order valence-corrected chi connectivity index (χ1v) is 5.86. The minimum atomic E-state index is 0.138. The van der Waals surface area contributed by atoms with Crippen molar-refractivity contribution in [1.82, 2.24) is 5.32 Å². The highest BCUT2D eigenvalue weighted by Gasteiger charge is 2.11. The van der Waals surface area contributed by atoms with E-state index in [1.807, 2.05) is 14.0 Å². The lowest BCUT2D eigenvalue weighted by molar-refractivity contribution is -0.122. The van der Waals surface area contributed by atoms with Gasteiger partial charge in [0.05, 0.1) is 0 Å². The summed E-state index contributed by atoms with van der Waals surface area (Å²) in [5, 5.41) is 7.18. The Hall–Kier alpha value is -0.670. The Labute approximate surface area is 89.3 Å². The van der Waals surface area contributed by atoms with Gasteiger partial charge in [-0.05, 0) is 35.9 Å². The molecular formula is C11H17NOS. The summed E-state index contributed by atoms with van der Waals surface area (Å²) in [5.41, 5.74) is 1.28. The summed E-state index contributed by atoms with van der Waals surface area (Å²) in [6, 6.07) is 2.08. The number of carbonyl (C=O) groups is 1. The zero-order chi connectivity index (χ0) is 10.4. The van der Waals surface area contributed by atoms with Gasteiger partial charge >= 0.3 is 0 Å². The van der Waals surface area contributed by atoms with Gasteiger partial charge in [-0.15, -0.1) is 0 Å². The molecule has 1 aromatic rings. The number of nitrogens with one attached hydrogen (secondary N) is 1. The van der Waals surface area contributed by atoms with Gasteiger partial charge in [-0.3, -0.25) is 4.79 Å². The largest absolute Gasteiger partial charge is 0.319 e. The molecule has 0 aliphatic heterocycles. The molecule has 1 atom stereocenters. The van der Waals surface area contributed by atoms with Crippen LogP contribution >= 0.6 is 11.3 Å². The smallest absolute Gasteiger partial charge is 0.137 e. The Bertz CT molecular complexity index is 269. The molecule has 0 saturated carbocycles. The monoisotopic (exact) mass is 211 g/mol. The third kappa shape index (κ3) is 3.60. The molecule has 78 valence electrons. The van der Waals surface area contributed by atoms with Crippen LogP contribution in [0.1, 0.15) is 18.9 Å². The van der Waals surface area contributed by atoms with Crippen molar-refractivity contribution in [2.24, 2.45) is 5.92 Å². The maximum absolute atomic E-state index is 11.6. The van der Waals surface area contributed by atoms with Gasteiger partial charge in [-0.1, -0.05) is 6.92 Å². The second-order valence-corrected chi connectivity index (χ2v) is 4.34. The van der Waals surface area contributed by atoms with Crippen LogP contribution in [0.15, 0.2) is 16.8 Å². The van der Waals surface area contributed by atoms with Gasteiger partial charge in [-0.2, -0.15) is 11.3 Å². The van der Waals surface area contributed by atoms with E-state index < -0.39 is 0 Å². The van der Waals surface area contributed by atoms with Gasteiger partial charge < -0.3 is 5.32 Å². The number of hydrogen-bond donors (Lipinski definition) is 1. The average Bonchev–Trinajstić information content (AvgIpc) is 2.67. The number of Topliss-reactive ketones (excluding diaryl/α,β-unsaturated/α-hetero) is 1. The Morgan fingerprint density at radius 3 is 3.00 bits per heavy atom. The van der Waals surface area contributed by atoms with Gasteiger partial charge in [0.25, 0.3) is 0 Å². The first-order valence-electron chi connectivity index (χ1n) is 4.92. The summed E-state index contributed by atoms with van der Waals surface area (Å²) in [4.78, 5) is 11.6. The van der Waals surface area contributed by atoms with Crippen LogP contribution in [0.5, 0.6) is 0 Å². The topological polar surface area (TPSA) is 29.1 Å². The van der Waals surface area contributed by atoms with Crippen LogP contribution in [0, 0.1) is 5.92 Å². The molecule has 1 rings (SSSR count). The molecule has 2 nitrogen and oxygen atoms in total. The Balaban J connectivity index is 2.27. The summed E-state index contributed by atoms with van der Waals surface area (Å²) in [6.07, 6.45) is 1.55. The van der Waals surface area contributed by atoms with Crippen molar-refractivity contribution in [2.75, 3.05) is 13.6 Å². The summed E-state index contributed by atoms with van der Waals surface area (Å²) >= 11 is 1.69. The van der Waals surface area contributed by atoms with Gasteiger partial charge in [0.15, 0.2) is 0 Å². The number of thiophene rings is 1. The highest BCUT2D eigenvalue weighted by atomic mass is 32.1. The third-order valence-electron chi connectivity index (χ3n) is 2.30. The normalized spacial score (nSPS) is 12.7. The van der Waals surface area contributed by atoms with Gasteiger partial charge in [0.1, 0.15) is 5.78 Å². The second-order valence-electron chi connectivity index (χ2n) is 3.56. The van der Waals surface area contributed by atoms with Crippen LogP contribution in [0.25, 0.3) is 0 Å². The first kappa shape index (κ1) is 11.4. The summed E-state index contributed by atoms with van der Waals surface area (Å²) in [6.45, 7) is 2.76. The molecule has 0 bridgehead atoms. The lowest BCUT2D eigenvalue weighted by Crippen LogP contribution is -2.23. The molecular weight excluding hydrogens is 194 g/mol. The van der Waals surface area contributed by atoms with Crippen LogP contribution in [0.4, 0.5) is 0 Å².